The lowest BCUT2D eigenvalue weighted by Crippen LogP contribution is -2.46. The number of nitrogens with zero attached hydrogens (tertiary/aromatic N) is 5. The Morgan fingerprint density at radius 3 is 2.80 bits per heavy atom. The Labute approximate surface area is 172 Å². The van der Waals surface area contributed by atoms with Gasteiger partial charge in [-0.3, -0.25) is 9.36 Å². The normalized spacial score (nSPS) is 14.3. The van der Waals surface area contributed by atoms with Crippen LogP contribution >= 0.6 is 11.5 Å². The van der Waals surface area contributed by atoms with Gasteiger partial charge in [0.25, 0.3) is 0 Å². The predicted octanol–water partition coefficient (Wildman–Crippen LogP) is 2.31. The number of anilines is 1. The Balaban J connectivity index is 1.61. The van der Waals surface area contributed by atoms with Crippen molar-refractivity contribution in [2.45, 2.75) is 12.8 Å². The van der Waals surface area contributed by atoms with Crippen molar-refractivity contribution in [1.29, 1.82) is 0 Å². The van der Waals surface area contributed by atoms with Gasteiger partial charge in [0, 0.05) is 48.1 Å². The first-order valence-electron chi connectivity index (χ1n) is 9.09. The molecule has 1 aliphatic heterocycles. The van der Waals surface area contributed by atoms with Crippen molar-refractivity contribution >= 4 is 34.4 Å². The standard InChI is InChI=1S/C19H15FN6O3S/c1-9-2-3-14(23-9)10-5-25(6-10)17-13(20)4-11-15(27)12(18(28)29)7-26(16(11)24-17)19-21-8-22-30-19/h2-4,7-8,10,23H,5-6H2,1H3,(H,28,29). The summed E-state index contributed by atoms with van der Waals surface area (Å²) in [5.74, 6) is -1.73. The maximum absolute atomic E-state index is 14.9. The average Bonchev–Trinajstić information content (AvgIpc) is 3.34. The Bertz CT molecular complexity index is 1340. The Hall–Kier alpha value is -3.60. The molecule has 9 nitrogen and oxygen atoms in total. The molecule has 2 N–H and O–H groups in total. The zero-order chi connectivity index (χ0) is 21.0. The Morgan fingerprint density at radius 2 is 2.17 bits per heavy atom. The molecule has 30 heavy (non-hydrogen) atoms. The van der Waals surface area contributed by atoms with Gasteiger partial charge in [-0.2, -0.15) is 4.37 Å². The fourth-order valence-corrected chi connectivity index (χ4v) is 4.13. The molecule has 11 heteroatoms. The van der Waals surface area contributed by atoms with Gasteiger partial charge in [0.15, 0.2) is 17.3 Å². The minimum absolute atomic E-state index is 0.114. The lowest BCUT2D eigenvalue weighted by atomic mass is 9.96. The number of carbonyl (C=O) groups is 1. The van der Waals surface area contributed by atoms with Crippen LogP contribution in [0, 0.1) is 12.7 Å². The fourth-order valence-electron chi connectivity index (χ4n) is 3.62. The molecule has 0 radical (unpaired) electrons. The van der Waals surface area contributed by atoms with E-state index in [0.717, 1.165) is 35.2 Å². The number of aromatic carboxylic acids is 1. The maximum Gasteiger partial charge on any atom is 0.341 e. The van der Waals surface area contributed by atoms with Gasteiger partial charge < -0.3 is 15.0 Å². The zero-order valence-electron chi connectivity index (χ0n) is 15.7. The van der Waals surface area contributed by atoms with E-state index >= 15 is 0 Å². The largest absolute Gasteiger partial charge is 0.477 e. The van der Waals surface area contributed by atoms with E-state index in [1.54, 1.807) is 4.90 Å². The summed E-state index contributed by atoms with van der Waals surface area (Å²) >= 11 is 1.01. The summed E-state index contributed by atoms with van der Waals surface area (Å²) in [6, 6.07) is 5.06. The number of pyridine rings is 2. The van der Waals surface area contributed by atoms with Gasteiger partial charge in [0.2, 0.25) is 10.6 Å². The van der Waals surface area contributed by atoms with Crippen molar-refractivity contribution < 1.29 is 14.3 Å². The van der Waals surface area contributed by atoms with E-state index in [-0.39, 0.29) is 22.8 Å². The number of carboxylic acids is 1. The average molecular weight is 426 g/mol. The molecule has 1 saturated heterocycles. The smallest absolute Gasteiger partial charge is 0.341 e. The minimum Gasteiger partial charge on any atom is -0.477 e. The van der Waals surface area contributed by atoms with Gasteiger partial charge in [-0.25, -0.2) is 19.2 Å². The van der Waals surface area contributed by atoms with Gasteiger partial charge in [0.05, 0.1) is 5.39 Å². The fraction of sp³-hybridized carbons (Fsp3) is 0.211. The van der Waals surface area contributed by atoms with Gasteiger partial charge in [-0.1, -0.05) is 0 Å². The Morgan fingerprint density at radius 1 is 1.37 bits per heavy atom. The topological polar surface area (TPSA) is 117 Å². The summed E-state index contributed by atoms with van der Waals surface area (Å²) in [6.45, 7) is 3.12. The number of aromatic amines is 1. The van der Waals surface area contributed by atoms with E-state index < -0.39 is 22.8 Å². The SMILES string of the molecule is Cc1ccc(C2CN(c3nc4c(cc3F)c(=O)c(C(=O)O)cn4-c3ncns3)C2)[nH]1. The summed E-state index contributed by atoms with van der Waals surface area (Å²) in [5, 5.41) is 9.58. The number of rotatable bonds is 4. The highest BCUT2D eigenvalue weighted by molar-refractivity contribution is 7.08. The van der Waals surface area contributed by atoms with E-state index in [9.17, 15) is 19.1 Å². The van der Waals surface area contributed by atoms with Crippen LogP contribution in [0.1, 0.15) is 27.7 Å². The lowest BCUT2D eigenvalue weighted by Gasteiger charge is -2.40. The Kier molecular flexibility index (Phi) is 4.13. The van der Waals surface area contributed by atoms with Crippen LogP contribution in [0.3, 0.4) is 0 Å². The molecular weight excluding hydrogens is 411 g/mol. The van der Waals surface area contributed by atoms with Gasteiger partial charge in [0.1, 0.15) is 11.9 Å². The van der Waals surface area contributed by atoms with Gasteiger partial charge >= 0.3 is 5.97 Å². The molecule has 152 valence electrons. The lowest BCUT2D eigenvalue weighted by molar-refractivity contribution is 0.0695. The molecule has 0 aliphatic carbocycles. The van der Waals surface area contributed by atoms with Crippen LogP contribution in [0.25, 0.3) is 16.2 Å². The molecule has 0 atom stereocenters. The van der Waals surface area contributed by atoms with Crippen LogP contribution in [-0.2, 0) is 0 Å². The third-order valence-corrected chi connectivity index (χ3v) is 5.84. The molecule has 4 aromatic rings. The van der Waals surface area contributed by atoms with E-state index in [4.69, 9.17) is 0 Å². The van der Waals surface area contributed by atoms with Crippen LogP contribution in [0.2, 0.25) is 0 Å². The van der Waals surface area contributed by atoms with Crippen LogP contribution in [0.4, 0.5) is 10.2 Å². The maximum atomic E-state index is 14.9. The predicted molar refractivity (Wildman–Crippen MR) is 108 cm³/mol. The number of carboxylic acid groups (broad SMARTS) is 1. The van der Waals surface area contributed by atoms with E-state index in [1.165, 1.54) is 10.9 Å². The molecule has 0 bridgehead atoms. The minimum atomic E-state index is -1.41. The molecule has 0 unspecified atom stereocenters. The van der Waals surface area contributed by atoms with E-state index in [0.29, 0.717) is 18.2 Å². The second-order valence-electron chi connectivity index (χ2n) is 7.13. The van der Waals surface area contributed by atoms with Gasteiger partial charge in [-0.15, -0.1) is 0 Å². The molecule has 5 heterocycles. The molecule has 5 rings (SSSR count). The molecule has 0 saturated carbocycles. The first-order valence-corrected chi connectivity index (χ1v) is 9.86. The molecule has 0 spiro atoms. The highest BCUT2D eigenvalue weighted by Crippen LogP contribution is 2.33. The summed E-state index contributed by atoms with van der Waals surface area (Å²) in [7, 11) is 0. The highest BCUT2D eigenvalue weighted by atomic mass is 32.1. The zero-order valence-corrected chi connectivity index (χ0v) is 16.5. The molecule has 4 aromatic heterocycles. The number of hydrogen-bond acceptors (Lipinski definition) is 7. The summed E-state index contributed by atoms with van der Waals surface area (Å²) in [4.78, 5) is 37.7. The van der Waals surface area contributed by atoms with E-state index in [1.807, 2.05) is 19.1 Å². The molecular formula is C19H15FN6O3S. The highest BCUT2D eigenvalue weighted by Gasteiger charge is 2.32. The van der Waals surface area contributed by atoms with Crippen molar-refractivity contribution in [3.8, 4) is 5.13 Å². The summed E-state index contributed by atoms with van der Waals surface area (Å²) < 4.78 is 20.2. The molecule has 1 fully saturated rings. The third kappa shape index (κ3) is 2.86. The van der Waals surface area contributed by atoms with Crippen molar-refractivity contribution in [3.05, 3.63) is 63.7 Å². The molecule has 0 amide bonds. The third-order valence-electron chi connectivity index (χ3n) is 5.17. The first kappa shape index (κ1) is 18.4. The van der Waals surface area contributed by atoms with Gasteiger partial charge in [-0.05, 0) is 25.1 Å². The number of aryl methyl sites for hydroxylation is 1. The summed E-state index contributed by atoms with van der Waals surface area (Å²) in [6.07, 6.45) is 2.47. The second-order valence-corrected chi connectivity index (χ2v) is 7.89. The van der Waals surface area contributed by atoms with Crippen molar-refractivity contribution in [2.24, 2.45) is 0 Å². The second kappa shape index (κ2) is 6.73. The number of aromatic nitrogens is 5. The first-order chi connectivity index (χ1) is 14.4. The van der Waals surface area contributed by atoms with E-state index in [2.05, 4.69) is 19.3 Å². The van der Waals surface area contributed by atoms with Crippen LogP contribution in [0.15, 0.2) is 35.5 Å². The molecule has 1 aliphatic rings. The number of fused-ring (bicyclic) bond motifs is 1. The van der Waals surface area contributed by atoms with Crippen molar-refractivity contribution in [2.75, 3.05) is 18.0 Å². The van der Waals surface area contributed by atoms with Crippen LogP contribution in [0.5, 0.6) is 0 Å². The number of halogens is 1. The molecule has 0 aromatic carbocycles. The van der Waals surface area contributed by atoms with Crippen molar-refractivity contribution in [3.63, 3.8) is 0 Å². The summed E-state index contributed by atoms with van der Waals surface area (Å²) in [5.41, 5.74) is 1.00. The number of H-pyrrole nitrogens is 1. The number of nitrogens with one attached hydrogen (secondary N) is 1. The number of hydrogen-bond donors (Lipinski definition) is 2. The monoisotopic (exact) mass is 426 g/mol. The van der Waals surface area contributed by atoms with Crippen LogP contribution in [-0.4, -0.2) is 48.1 Å². The van der Waals surface area contributed by atoms with Crippen LogP contribution < -0.4 is 10.3 Å². The quantitative estimate of drug-likeness (QED) is 0.514. The van der Waals surface area contributed by atoms with Crippen molar-refractivity contribution in [1.82, 2.24) is 23.9 Å².